The van der Waals surface area contributed by atoms with Crippen LogP contribution in [-0.4, -0.2) is 55.2 Å². The molecule has 4 rings (SSSR count). The van der Waals surface area contributed by atoms with E-state index >= 15 is 0 Å². The molecule has 0 aromatic heterocycles. The molecule has 0 radical (unpaired) electrons. The van der Waals surface area contributed by atoms with Crippen molar-refractivity contribution in [1.82, 2.24) is 10.2 Å². The molecular weight excluding hydrogens is 334 g/mol. The maximum atomic E-state index is 12.9. The van der Waals surface area contributed by atoms with Crippen LogP contribution in [0.3, 0.4) is 0 Å². The number of rotatable bonds is 6. The van der Waals surface area contributed by atoms with Crippen molar-refractivity contribution in [3.8, 4) is 5.75 Å². The molecule has 3 aliphatic heterocycles. The van der Waals surface area contributed by atoms with Gasteiger partial charge in [0.2, 0.25) is 11.8 Å². The Kier molecular flexibility index (Phi) is 4.36. The van der Waals surface area contributed by atoms with Gasteiger partial charge in [-0.1, -0.05) is 12.1 Å². The molecule has 7 heteroatoms. The Morgan fingerprint density at radius 1 is 1.50 bits per heavy atom. The molecule has 3 fully saturated rings. The van der Waals surface area contributed by atoms with E-state index in [1.54, 1.807) is 12.0 Å². The second-order valence-electron chi connectivity index (χ2n) is 7.38. The minimum Gasteiger partial charge on any atom is -0.497 e. The van der Waals surface area contributed by atoms with Crippen LogP contribution in [0.5, 0.6) is 5.75 Å². The molecule has 0 saturated carbocycles. The van der Waals surface area contributed by atoms with Gasteiger partial charge in [0.05, 0.1) is 37.2 Å². The van der Waals surface area contributed by atoms with Crippen LogP contribution in [-0.2, 0) is 20.9 Å². The number of ether oxygens (including phenoxy) is 2. The first kappa shape index (κ1) is 17.3. The summed E-state index contributed by atoms with van der Waals surface area (Å²) in [5, 5.41) is 2.98. The van der Waals surface area contributed by atoms with Crippen LogP contribution in [0.4, 0.5) is 0 Å². The third-order valence-corrected chi connectivity index (χ3v) is 5.90. The summed E-state index contributed by atoms with van der Waals surface area (Å²) in [5.41, 5.74) is 6.09. The number of benzene rings is 1. The van der Waals surface area contributed by atoms with E-state index in [-0.39, 0.29) is 23.8 Å². The number of methoxy groups -OCH3 is 1. The van der Waals surface area contributed by atoms with E-state index < -0.39 is 11.5 Å². The van der Waals surface area contributed by atoms with Gasteiger partial charge in [-0.2, -0.15) is 0 Å². The molecule has 1 aromatic carbocycles. The molecule has 3 N–H and O–H groups in total. The molecule has 1 aromatic rings. The SMILES string of the molecule is COc1cccc(CNC(=O)[C@H]2[C@@H]3CC[C@@]4(CN(CCN)C(=O)[C@@H]24)O3)c1. The van der Waals surface area contributed by atoms with E-state index in [1.807, 2.05) is 24.3 Å². The zero-order chi connectivity index (χ0) is 18.3. The first-order valence-electron chi connectivity index (χ1n) is 9.15. The Hall–Kier alpha value is -2.12. The lowest BCUT2D eigenvalue weighted by atomic mass is 9.73. The van der Waals surface area contributed by atoms with Crippen molar-refractivity contribution >= 4 is 11.8 Å². The van der Waals surface area contributed by atoms with Gasteiger partial charge < -0.3 is 25.4 Å². The minimum atomic E-state index is -0.491. The number of hydrogen-bond donors (Lipinski definition) is 2. The minimum absolute atomic E-state index is 0.0131. The third kappa shape index (κ3) is 2.66. The van der Waals surface area contributed by atoms with Crippen LogP contribution >= 0.6 is 0 Å². The zero-order valence-corrected chi connectivity index (χ0v) is 14.9. The van der Waals surface area contributed by atoms with Crippen molar-refractivity contribution in [2.45, 2.75) is 31.1 Å². The normalized spacial score (nSPS) is 32.0. The predicted molar refractivity (Wildman–Crippen MR) is 94.3 cm³/mol. The molecule has 3 heterocycles. The van der Waals surface area contributed by atoms with Crippen LogP contribution in [0.15, 0.2) is 24.3 Å². The summed E-state index contributed by atoms with van der Waals surface area (Å²) in [6.45, 7) is 1.90. The lowest BCUT2D eigenvalue weighted by molar-refractivity contribution is -0.138. The molecule has 140 valence electrons. The van der Waals surface area contributed by atoms with Gasteiger partial charge in [0, 0.05) is 19.6 Å². The van der Waals surface area contributed by atoms with E-state index in [9.17, 15) is 9.59 Å². The van der Waals surface area contributed by atoms with Crippen molar-refractivity contribution in [1.29, 1.82) is 0 Å². The molecule has 7 nitrogen and oxygen atoms in total. The largest absolute Gasteiger partial charge is 0.497 e. The summed E-state index contributed by atoms with van der Waals surface area (Å²) in [7, 11) is 1.61. The lowest BCUT2D eigenvalue weighted by Crippen LogP contribution is -2.45. The van der Waals surface area contributed by atoms with E-state index in [0.29, 0.717) is 26.2 Å². The Bertz CT molecular complexity index is 724. The summed E-state index contributed by atoms with van der Waals surface area (Å²) in [6, 6.07) is 7.58. The third-order valence-electron chi connectivity index (χ3n) is 5.90. The Morgan fingerprint density at radius 2 is 2.35 bits per heavy atom. The highest BCUT2D eigenvalue weighted by Gasteiger charge is 2.68. The van der Waals surface area contributed by atoms with Gasteiger partial charge in [0.15, 0.2) is 0 Å². The number of nitrogens with zero attached hydrogens (tertiary/aromatic N) is 1. The Labute approximate surface area is 152 Å². The first-order chi connectivity index (χ1) is 12.6. The topological polar surface area (TPSA) is 93.9 Å². The molecule has 26 heavy (non-hydrogen) atoms. The molecular formula is C19H25N3O4. The number of hydrogen-bond acceptors (Lipinski definition) is 5. The number of fused-ring (bicyclic) bond motifs is 1. The maximum Gasteiger partial charge on any atom is 0.229 e. The second-order valence-corrected chi connectivity index (χ2v) is 7.38. The van der Waals surface area contributed by atoms with Crippen molar-refractivity contribution < 1.29 is 19.1 Å². The van der Waals surface area contributed by atoms with Gasteiger partial charge >= 0.3 is 0 Å². The van der Waals surface area contributed by atoms with Gasteiger partial charge in [0.25, 0.3) is 0 Å². The Balaban J connectivity index is 1.47. The fraction of sp³-hybridized carbons (Fsp3) is 0.579. The number of amides is 2. The monoisotopic (exact) mass is 359 g/mol. The van der Waals surface area contributed by atoms with E-state index in [0.717, 1.165) is 24.2 Å². The van der Waals surface area contributed by atoms with Crippen molar-refractivity contribution in [2.24, 2.45) is 17.6 Å². The maximum absolute atomic E-state index is 12.9. The number of nitrogens with one attached hydrogen (secondary N) is 1. The van der Waals surface area contributed by atoms with Gasteiger partial charge in [-0.05, 0) is 30.5 Å². The van der Waals surface area contributed by atoms with Gasteiger partial charge in [0.1, 0.15) is 5.75 Å². The first-order valence-corrected chi connectivity index (χ1v) is 9.15. The van der Waals surface area contributed by atoms with Crippen molar-refractivity contribution in [2.75, 3.05) is 26.7 Å². The summed E-state index contributed by atoms with van der Waals surface area (Å²) in [6.07, 6.45) is 1.51. The lowest BCUT2D eigenvalue weighted by Gasteiger charge is -2.27. The highest BCUT2D eigenvalue weighted by atomic mass is 16.5. The molecule has 3 aliphatic rings. The molecule has 0 unspecified atom stereocenters. The van der Waals surface area contributed by atoms with E-state index in [2.05, 4.69) is 5.32 Å². The molecule has 3 saturated heterocycles. The Morgan fingerprint density at radius 3 is 3.12 bits per heavy atom. The van der Waals surface area contributed by atoms with Crippen LogP contribution < -0.4 is 15.8 Å². The molecule has 0 aliphatic carbocycles. The molecule has 4 atom stereocenters. The van der Waals surface area contributed by atoms with E-state index in [1.165, 1.54) is 0 Å². The van der Waals surface area contributed by atoms with Crippen LogP contribution in [0.1, 0.15) is 18.4 Å². The quantitative estimate of drug-likeness (QED) is 0.761. The average molecular weight is 359 g/mol. The fourth-order valence-corrected chi connectivity index (χ4v) is 4.78. The smallest absolute Gasteiger partial charge is 0.229 e. The predicted octanol–water partition coefficient (Wildman–Crippen LogP) is 0.276. The fourth-order valence-electron chi connectivity index (χ4n) is 4.78. The zero-order valence-electron chi connectivity index (χ0n) is 14.9. The van der Waals surface area contributed by atoms with Crippen LogP contribution in [0.25, 0.3) is 0 Å². The summed E-state index contributed by atoms with van der Waals surface area (Å²) < 4.78 is 11.4. The van der Waals surface area contributed by atoms with E-state index in [4.69, 9.17) is 15.2 Å². The van der Waals surface area contributed by atoms with Crippen LogP contribution in [0.2, 0.25) is 0 Å². The van der Waals surface area contributed by atoms with Crippen molar-refractivity contribution in [3.05, 3.63) is 29.8 Å². The average Bonchev–Trinajstić information content (AvgIpc) is 3.29. The number of carbonyl (C=O) groups is 2. The molecule has 2 bridgehead atoms. The van der Waals surface area contributed by atoms with Gasteiger partial charge in [-0.25, -0.2) is 0 Å². The molecule has 1 spiro atoms. The van der Waals surface area contributed by atoms with Gasteiger partial charge in [-0.15, -0.1) is 0 Å². The van der Waals surface area contributed by atoms with Crippen LogP contribution in [0, 0.1) is 11.8 Å². The summed E-state index contributed by atoms with van der Waals surface area (Å²) in [4.78, 5) is 27.5. The van der Waals surface area contributed by atoms with Gasteiger partial charge in [-0.3, -0.25) is 9.59 Å². The number of carbonyl (C=O) groups excluding carboxylic acids is 2. The molecule has 2 amide bonds. The van der Waals surface area contributed by atoms with Crippen molar-refractivity contribution in [3.63, 3.8) is 0 Å². The second kappa shape index (κ2) is 6.55. The number of nitrogens with two attached hydrogens (primary N) is 1. The highest BCUT2D eigenvalue weighted by molar-refractivity contribution is 5.92. The number of likely N-dealkylation sites (tertiary alicyclic amines) is 1. The highest BCUT2D eigenvalue weighted by Crippen LogP contribution is 2.55. The standard InChI is InChI=1S/C19H25N3O4/c1-25-13-4-2-3-12(9-13)10-21-17(23)15-14-5-6-19(26-14)11-22(8-7-20)18(24)16(15)19/h2-4,9,14-16H,5-8,10-11,20H2,1H3,(H,21,23)/t14-,15-,16+,19-/m0/s1. The summed E-state index contributed by atoms with van der Waals surface area (Å²) >= 11 is 0. The summed E-state index contributed by atoms with van der Waals surface area (Å²) in [5.74, 6) is -0.128.